The summed E-state index contributed by atoms with van der Waals surface area (Å²) in [6.45, 7) is 1.09. The van der Waals surface area contributed by atoms with Crippen LogP contribution in [0.5, 0.6) is 0 Å². The van der Waals surface area contributed by atoms with Gasteiger partial charge in [0.2, 0.25) is 5.60 Å². The van der Waals surface area contributed by atoms with E-state index in [2.05, 4.69) is 10.4 Å². The first kappa shape index (κ1) is 17.1. The maximum atomic E-state index is 13.2. The van der Waals surface area contributed by atoms with Crippen molar-refractivity contribution in [2.24, 2.45) is 7.05 Å². The molecule has 0 fully saturated rings. The van der Waals surface area contributed by atoms with Gasteiger partial charge in [0, 0.05) is 26.2 Å². The van der Waals surface area contributed by atoms with Crippen molar-refractivity contribution < 1.29 is 27.5 Å². The number of carbonyl (C=O) groups is 1. The zero-order valence-corrected chi connectivity index (χ0v) is 12.5. The molecule has 0 saturated heterocycles. The smallest absolute Gasteiger partial charge is 0.424 e. The summed E-state index contributed by atoms with van der Waals surface area (Å²) in [5.41, 5.74) is -2.96. The summed E-state index contributed by atoms with van der Waals surface area (Å²) in [7, 11) is 1.53. The van der Waals surface area contributed by atoms with E-state index in [-0.39, 0.29) is 18.0 Å². The Labute approximate surface area is 129 Å². The highest BCUT2D eigenvalue weighted by Crippen LogP contribution is 2.41. The molecule has 2 aromatic rings. The number of aromatic nitrogens is 2. The fraction of sp³-hybridized carbons (Fsp3) is 0.429. The number of halogens is 3. The normalized spacial score (nSPS) is 14.5. The van der Waals surface area contributed by atoms with Crippen LogP contribution in [0.15, 0.2) is 28.8 Å². The molecule has 0 saturated carbocycles. The molecule has 23 heavy (non-hydrogen) atoms. The molecule has 6 nitrogen and oxygen atoms in total. The first-order chi connectivity index (χ1) is 10.6. The number of alkyl halides is 3. The number of amides is 1. The van der Waals surface area contributed by atoms with Crippen molar-refractivity contribution in [3.05, 3.63) is 41.6 Å². The highest BCUT2D eigenvalue weighted by atomic mass is 19.4. The Morgan fingerprint density at radius 2 is 2.09 bits per heavy atom. The number of furan rings is 1. The van der Waals surface area contributed by atoms with Gasteiger partial charge in [0.15, 0.2) is 0 Å². The van der Waals surface area contributed by atoms with Gasteiger partial charge in [-0.3, -0.25) is 9.48 Å². The zero-order valence-electron chi connectivity index (χ0n) is 12.5. The second kappa shape index (κ2) is 6.07. The van der Waals surface area contributed by atoms with Crippen molar-refractivity contribution in [3.63, 3.8) is 0 Å². The van der Waals surface area contributed by atoms with Crippen molar-refractivity contribution in [2.75, 3.05) is 6.54 Å². The maximum absolute atomic E-state index is 13.2. The van der Waals surface area contributed by atoms with E-state index in [1.54, 1.807) is 0 Å². The topological polar surface area (TPSA) is 80.3 Å². The fourth-order valence-corrected chi connectivity index (χ4v) is 2.11. The van der Waals surface area contributed by atoms with Crippen LogP contribution in [0.1, 0.15) is 28.4 Å². The molecule has 1 amide bonds. The van der Waals surface area contributed by atoms with Crippen LogP contribution in [0.3, 0.4) is 0 Å². The van der Waals surface area contributed by atoms with E-state index in [0.29, 0.717) is 0 Å². The molecule has 0 aromatic carbocycles. The van der Waals surface area contributed by atoms with Gasteiger partial charge >= 0.3 is 6.18 Å². The van der Waals surface area contributed by atoms with Crippen LogP contribution in [-0.2, 0) is 12.6 Å². The van der Waals surface area contributed by atoms with Gasteiger partial charge in [-0.05, 0) is 25.1 Å². The predicted octanol–water partition coefficient (Wildman–Crippen LogP) is 1.89. The molecule has 2 N–H and O–H groups in total. The van der Waals surface area contributed by atoms with E-state index in [1.807, 2.05) is 0 Å². The molecule has 2 aromatic heterocycles. The lowest BCUT2D eigenvalue weighted by atomic mass is 9.95. The Morgan fingerprint density at radius 1 is 1.39 bits per heavy atom. The molecule has 0 aliphatic heterocycles. The summed E-state index contributed by atoms with van der Waals surface area (Å²) in [5, 5.41) is 16.2. The molecule has 2 heterocycles. The second-order valence-electron chi connectivity index (χ2n) is 5.11. The van der Waals surface area contributed by atoms with Crippen LogP contribution >= 0.6 is 0 Å². The summed E-state index contributed by atoms with van der Waals surface area (Å²) in [5.74, 6) is -0.927. The maximum Gasteiger partial charge on any atom is 0.424 e. The van der Waals surface area contributed by atoms with E-state index in [0.717, 1.165) is 6.07 Å². The molecular weight excluding hydrogens is 315 g/mol. The second-order valence-corrected chi connectivity index (χ2v) is 5.11. The van der Waals surface area contributed by atoms with Gasteiger partial charge in [0.25, 0.3) is 5.91 Å². The number of aliphatic hydroxyl groups is 1. The molecule has 0 unspecified atom stereocenters. The zero-order chi connectivity index (χ0) is 17.3. The van der Waals surface area contributed by atoms with Gasteiger partial charge in [-0.25, -0.2) is 0 Å². The van der Waals surface area contributed by atoms with E-state index in [9.17, 15) is 23.1 Å². The lowest BCUT2D eigenvalue weighted by Crippen LogP contribution is -2.44. The van der Waals surface area contributed by atoms with Crippen LogP contribution in [0, 0.1) is 6.92 Å². The minimum absolute atomic E-state index is 0.203. The van der Waals surface area contributed by atoms with Gasteiger partial charge < -0.3 is 14.8 Å². The van der Waals surface area contributed by atoms with Crippen molar-refractivity contribution in [1.29, 1.82) is 0 Å². The summed E-state index contributed by atoms with van der Waals surface area (Å²) in [6.07, 6.45) is -4.31. The SMILES string of the molecule is Cc1ccc([C@@](O)(CCNC(=O)c2ccnn2C)C(F)(F)F)o1. The minimum Gasteiger partial charge on any atom is -0.463 e. The molecule has 9 heteroatoms. The van der Waals surface area contributed by atoms with Crippen molar-refractivity contribution >= 4 is 5.91 Å². The third kappa shape index (κ3) is 3.39. The van der Waals surface area contributed by atoms with Gasteiger partial charge in [-0.2, -0.15) is 18.3 Å². The van der Waals surface area contributed by atoms with Crippen LogP contribution < -0.4 is 5.32 Å². The number of rotatable bonds is 5. The molecule has 0 aliphatic rings. The Morgan fingerprint density at radius 3 is 2.57 bits per heavy atom. The summed E-state index contributed by atoms with van der Waals surface area (Å²) >= 11 is 0. The molecule has 126 valence electrons. The Bertz CT molecular complexity index is 693. The first-order valence-electron chi connectivity index (χ1n) is 6.77. The molecular formula is C14H16F3N3O3. The highest BCUT2D eigenvalue weighted by Gasteiger charge is 2.56. The van der Waals surface area contributed by atoms with Crippen molar-refractivity contribution in [2.45, 2.75) is 25.1 Å². The average Bonchev–Trinajstić information content (AvgIpc) is 3.06. The molecule has 0 spiro atoms. The number of nitrogens with one attached hydrogen (secondary N) is 1. The van der Waals surface area contributed by atoms with Gasteiger partial charge in [0.1, 0.15) is 17.2 Å². The molecule has 2 rings (SSSR count). The van der Waals surface area contributed by atoms with Crippen molar-refractivity contribution in [1.82, 2.24) is 15.1 Å². The number of hydrogen-bond donors (Lipinski definition) is 2. The van der Waals surface area contributed by atoms with Gasteiger partial charge in [-0.15, -0.1) is 0 Å². The van der Waals surface area contributed by atoms with Crippen LogP contribution in [0.2, 0.25) is 0 Å². The summed E-state index contributed by atoms with van der Waals surface area (Å²) in [6, 6.07) is 3.84. The monoisotopic (exact) mass is 331 g/mol. The Kier molecular flexibility index (Phi) is 4.51. The van der Waals surface area contributed by atoms with E-state index < -0.39 is 29.9 Å². The largest absolute Gasteiger partial charge is 0.463 e. The number of hydrogen-bond acceptors (Lipinski definition) is 4. The molecule has 0 bridgehead atoms. The van der Waals surface area contributed by atoms with Gasteiger partial charge in [-0.1, -0.05) is 0 Å². The quantitative estimate of drug-likeness (QED) is 0.877. The van der Waals surface area contributed by atoms with E-state index >= 15 is 0 Å². The van der Waals surface area contributed by atoms with Crippen LogP contribution in [0.25, 0.3) is 0 Å². The van der Waals surface area contributed by atoms with Gasteiger partial charge in [0.05, 0.1) is 0 Å². The third-order valence-electron chi connectivity index (χ3n) is 3.44. The number of carbonyl (C=O) groups excluding carboxylic acids is 1. The molecule has 0 aliphatic carbocycles. The van der Waals surface area contributed by atoms with E-state index in [4.69, 9.17) is 4.42 Å². The highest BCUT2D eigenvalue weighted by molar-refractivity contribution is 5.92. The van der Waals surface area contributed by atoms with Crippen molar-refractivity contribution in [3.8, 4) is 0 Å². The van der Waals surface area contributed by atoms with E-state index in [1.165, 1.54) is 37.0 Å². The predicted molar refractivity (Wildman–Crippen MR) is 73.6 cm³/mol. The lowest BCUT2D eigenvalue weighted by molar-refractivity contribution is -0.274. The molecule has 0 radical (unpaired) electrons. The Hall–Kier alpha value is -2.29. The van der Waals surface area contributed by atoms with Crippen LogP contribution in [-0.4, -0.2) is 33.5 Å². The Balaban J connectivity index is 2.08. The average molecular weight is 331 g/mol. The number of aryl methyl sites for hydroxylation is 2. The van der Waals surface area contributed by atoms with Crippen LogP contribution in [0.4, 0.5) is 13.2 Å². The first-order valence-corrected chi connectivity index (χ1v) is 6.77. The third-order valence-corrected chi connectivity index (χ3v) is 3.44. The molecule has 1 atom stereocenters. The fourth-order valence-electron chi connectivity index (χ4n) is 2.11. The summed E-state index contributed by atoms with van der Waals surface area (Å²) in [4.78, 5) is 11.8. The lowest BCUT2D eigenvalue weighted by Gasteiger charge is -2.28. The standard InChI is InChI=1S/C14H16F3N3O3/c1-9-3-4-11(23-9)13(22,14(15,16)17)6-8-18-12(21)10-5-7-19-20(10)2/h3-5,7,22H,6,8H2,1-2H3,(H,18,21)/t13-/m0/s1. The number of nitrogens with zero attached hydrogens (tertiary/aromatic N) is 2. The summed E-state index contributed by atoms with van der Waals surface area (Å²) < 4.78 is 45.9. The minimum atomic E-state index is -4.94.